The van der Waals surface area contributed by atoms with Crippen molar-refractivity contribution < 1.29 is 9.53 Å². The maximum atomic E-state index is 11.1. The Morgan fingerprint density at radius 3 is 2.26 bits per heavy atom. The molecule has 0 radical (unpaired) electrons. The summed E-state index contributed by atoms with van der Waals surface area (Å²) in [5.41, 5.74) is 2.89. The van der Waals surface area contributed by atoms with E-state index < -0.39 is 0 Å². The van der Waals surface area contributed by atoms with Crippen LogP contribution in [0, 0.1) is 0 Å². The fourth-order valence-electron chi connectivity index (χ4n) is 1.70. The molecule has 0 unspecified atom stereocenters. The quantitative estimate of drug-likeness (QED) is 0.748. The van der Waals surface area contributed by atoms with Crippen LogP contribution in [0.2, 0.25) is 0 Å². The van der Waals surface area contributed by atoms with E-state index in [1.165, 1.54) is 0 Å². The molecule has 0 aliphatic rings. The van der Waals surface area contributed by atoms with Gasteiger partial charge in [0.25, 0.3) is 0 Å². The molecular weight excluding hydrogens is 236 g/mol. The lowest BCUT2D eigenvalue weighted by molar-refractivity contribution is 0.101. The van der Waals surface area contributed by atoms with Gasteiger partial charge in [-0.05, 0) is 42.3 Å². The Hall–Kier alpha value is -2.35. The molecule has 0 N–H and O–H groups in total. The molecule has 0 aromatic heterocycles. The van der Waals surface area contributed by atoms with Crippen LogP contribution in [0.5, 0.6) is 5.75 Å². The van der Waals surface area contributed by atoms with Crippen molar-refractivity contribution in [1.29, 1.82) is 0 Å². The van der Waals surface area contributed by atoms with Gasteiger partial charge in [-0.25, -0.2) is 0 Å². The second-order valence-corrected chi connectivity index (χ2v) is 4.31. The van der Waals surface area contributed by atoms with Crippen LogP contribution in [0.3, 0.4) is 0 Å². The molecule has 96 valence electrons. The highest BCUT2D eigenvalue weighted by molar-refractivity contribution is 5.94. The summed E-state index contributed by atoms with van der Waals surface area (Å²) in [6, 6.07) is 15.2. The summed E-state index contributed by atoms with van der Waals surface area (Å²) in [4.78, 5) is 11.1. The van der Waals surface area contributed by atoms with Gasteiger partial charge in [0.2, 0.25) is 0 Å². The summed E-state index contributed by atoms with van der Waals surface area (Å²) < 4.78 is 5.66. The van der Waals surface area contributed by atoms with Crippen LogP contribution in [0.4, 0.5) is 0 Å². The van der Waals surface area contributed by atoms with Crippen molar-refractivity contribution in [2.24, 2.45) is 0 Å². The molecule has 2 heteroatoms. The standard InChI is InChI=1S/C17H16O2/c1-3-14-4-6-15(7-5-14)12-19-17-10-8-16(9-11-17)13(2)18/h3-11H,1,12H2,2H3. The van der Waals surface area contributed by atoms with Gasteiger partial charge in [-0.3, -0.25) is 4.79 Å². The smallest absolute Gasteiger partial charge is 0.159 e. The Morgan fingerprint density at radius 2 is 1.74 bits per heavy atom. The van der Waals surface area contributed by atoms with Gasteiger partial charge in [0, 0.05) is 5.56 Å². The molecule has 0 heterocycles. The normalized spacial score (nSPS) is 9.95. The van der Waals surface area contributed by atoms with Crippen molar-refractivity contribution in [2.45, 2.75) is 13.5 Å². The van der Waals surface area contributed by atoms with Crippen LogP contribution in [-0.2, 0) is 6.61 Å². The Kier molecular flexibility index (Phi) is 4.14. The number of benzene rings is 2. The Morgan fingerprint density at radius 1 is 1.11 bits per heavy atom. The van der Waals surface area contributed by atoms with Crippen LogP contribution in [0.25, 0.3) is 6.08 Å². The minimum atomic E-state index is 0.0616. The van der Waals surface area contributed by atoms with Crippen molar-refractivity contribution in [3.05, 3.63) is 71.8 Å². The summed E-state index contributed by atoms with van der Waals surface area (Å²) in [5.74, 6) is 0.823. The van der Waals surface area contributed by atoms with Gasteiger partial charge in [0.1, 0.15) is 12.4 Å². The summed E-state index contributed by atoms with van der Waals surface area (Å²) in [7, 11) is 0. The highest BCUT2D eigenvalue weighted by atomic mass is 16.5. The lowest BCUT2D eigenvalue weighted by Crippen LogP contribution is -1.96. The van der Waals surface area contributed by atoms with E-state index in [0.29, 0.717) is 12.2 Å². The van der Waals surface area contributed by atoms with Crippen molar-refractivity contribution in [3.63, 3.8) is 0 Å². The molecule has 2 nitrogen and oxygen atoms in total. The molecule has 0 atom stereocenters. The molecule has 0 aliphatic carbocycles. The van der Waals surface area contributed by atoms with E-state index in [1.807, 2.05) is 42.5 Å². The van der Waals surface area contributed by atoms with E-state index in [-0.39, 0.29) is 5.78 Å². The minimum absolute atomic E-state index is 0.0616. The van der Waals surface area contributed by atoms with Gasteiger partial charge in [-0.2, -0.15) is 0 Å². The predicted molar refractivity (Wildman–Crippen MR) is 77.3 cm³/mol. The van der Waals surface area contributed by atoms with Gasteiger partial charge in [0.15, 0.2) is 5.78 Å². The van der Waals surface area contributed by atoms with Gasteiger partial charge in [0.05, 0.1) is 0 Å². The Balaban J connectivity index is 1.97. The average molecular weight is 252 g/mol. The van der Waals surface area contributed by atoms with E-state index in [2.05, 4.69) is 6.58 Å². The molecule has 0 amide bonds. The Bertz CT molecular complexity index is 565. The fourth-order valence-corrected chi connectivity index (χ4v) is 1.70. The lowest BCUT2D eigenvalue weighted by atomic mass is 10.1. The highest BCUT2D eigenvalue weighted by Gasteiger charge is 2.00. The number of ketones is 1. The van der Waals surface area contributed by atoms with E-state index >= 15 is 0 Å². The number of Topliss-reactive ketones (excluding diaryl/α,β-unsaturated/α-hetero) is 1. The SMILES string of the molecule is C=Cc1ccc(COc2ccc(C(C)=O)cc2)cc1. The highest BCUT2D eigenvalue weighted by Crippen LogP contribution is 2.15. The molecule has 0 bridgehead atoms. The summed E-state index contributed by atoms with van der Waals surface area (Å²) >= 11 is 0. The van der Waals surface area contributed by atoms with Crippen LogP contribution in [0.1, 0.15) is 28.4 Å². The van der Waals surface area contributed by atoms with Crippen LogP contribution in [-0.4, -0.2) is 5.78 Å². The van der Waals surface area contributed by atoms with Crippen molar-refractivity contribution in [3.8, 4) is 5.75 Å². The van der Waals surface area contributed by atoms with Gasteiger partial charge in [-0.1, -0.05) is 36.9 Å². The predicted octanol–water partition coefficient (Wildman–Crippen LogP) is 4.11. The first-order valence-corrected chi connectivity index (χ1v) is 6.14. The average Bonchev–Trinajstić information content (AvgIpc) is 2.46. The van der Waals surface area contributed by atoms with Gasteiger partial charge in [-0.15, -0.1) is 0 Å². The molecule has 2 rings (SSSR count). The molecule has 0 saturated heterocycles. The van der Waals surface area contributed by atoms with Gasteiger partial charge >= 0.3 is 0 Å². The maximum Gasteiger partial charge on any atom is 0.159 e. The van der Waals surface area contributed by atoms with Gasteiger partial charge < -0.3 is 4.74 Å². The summed E-state index contributed by atoms with van der Waals surface area (Å²) in [6.07, 6.45) is 1.81. The molecule has 19 heavy (non-hydrogen) atoms. The molecule has 2 aromatic rings. The summed E-state index contributed by atoms with van der Waals surface area (Å²) in [6.45, 7) is 5.78. The molecule has 0 fully saturated rings. The summed E-state index contributed by atoms with van der Waals surface area (Å²) in [5, 5.41) is 0. The topological polar surface area (TPSA) is 26.3 Å². The first-order valence-electron chi connectivity index (χ1n) is 6.14. The molecule has 0 saturated carbocycles. The van der Waals surface area contributed by atoms with Crippen LogP contribution in [0.15, 0.2) is 55.1 Å². The molecule has 0 spiro atoms. The minimum Gasteiger partial charge on any atom is -0.489 e. The van der Waals surface area contributed by atoms with E-state index in [9.17, 15) is 4.79 Å². The zero-order valence-corrected chi connectivity index (χ0v) is 10.9. The van der Waals surface area contributed by atoms with E-state index in [1.54, 1.807) is 19.1 Å². The van der Waals surface area contributed by atoms with Crippen molar-refractivity contribution in [2.75, 3.05) is 0 Å². The second kappa shape index (κ2) is 6.01. The monoisotopic (exact) mass is 252 g/mol. The maximum absolute atomic E-state index is 11.1. The second-order valence-electron chi connectivity index (χ2n) is 4.31. The number of carbonyl (C=O) groups excluding carboxylic acids is 1. The Labute approximate surface area is 113 Å². The molecule has 2 aromatic carbocycles. The third-order valence-electron chi connectivity index (χ3n) is 2.88. The zero-order valence-electron chi connectivity index (χ0n) is 10.9. The number of carbonyl (C=O) groups is 1. The number of rotatable bonds is 5. The van der Waals surface area contributed by atoms with Crippen molar-refractivity contribution in [1.82, 2.24) is 0 Å². The number of hydrogen-bond acceptors (Lipinski definition) is 2. The first-order chi connectivity index (χ1) is 9.19. The number of hydrogen-bond donors (Lipinski definition) is 0. The first kappa shape index (κ1) is 13.1. The number of ether oxygens (including phenoxy) is 1. The van der Waals surface area contributed by atoms with Crippen LogP contribution < -0.4 is 4.74 Å². The van der Waals surface area contributed by atoms with E-state index in [4.69, 9.17) is 4.74 Å². The third kappa shape index (κ3) is 3.55. The van der Waals surface area contributed by atoms with Crippen LogP contribution >= 0.6 is 0 Å². The van der Waals surface area contributed by atoms with E-state index in [0.717, 1.165) is 16.9 Å². The molecule has 0 aliphatic heterocycles. The lowest BCUT2D eigenvalue weighted by Gasteiger charge is -2.07. The fraction of sp³-hybridized carbons (Fsp3) is 0.118. The van der Waals surface area contributed by atoms with Crippen molar-refractivity contribution >= 4 is 11.9 Å². The molecular formula is C17H16O2. The third-order valence-corrected chi connectivity index (χ3v) is 2.88. The largest absolute Gasteiger partial charge is 0.489 e. The zero-order chi connectivity index (χ0) is 13.7.